The molecular weight excluding hydrogens is 212 g/mol. The standard InChI is InChI=1S/C10H18N2S2/c1-7(13-4)5-11-6-10-8(2)12-9(3)14-10/h7,11H,5-6H2,1-4H3. The number of aromatic nitrogens is 1. The number of thiazole rings is 1. The fourth-order valence-corrected chi connectivity index (χ4v) is 2.40. The molecule has 0 aliphatic carbocycles. The molecule has 1 aromatic heterocycles. The number of hydrogen-bond acceptors (Lipinski definition) is 4. The summed E-state index contributed by atoms with van der Waals surface area (Å²) in [4.78, 5) is 5.77. The van der Waals surface area contributed by atoms with E-state index in [9.17, 15) is 0 Å². The van der Waals surface area contributed by atoms with Crippen molar-refractivity contribution in [3.8, 4) is 0 Å². The minimum Gasteiger partial charge on any atom is -0.311 e. The van der Waals surface area contributed by atoms with Gasteiger partial charge in [0.25, 0.3) is 0 Å². The molecular formula is C10H18N2S2. The largest absolute Gasteiger partial charge is 0.311 e. The lowest BCUT2D eigenvalue weighted by Crippen LogP contribution is -2.21. The smallest absolute Gasteiger partial charge is 0.0900 e. The Morgan fingerprint density at radius 1 is 1.50 bits per heavy atom. The Morgan fingerprint density at radius 2 is 2.21 bits per heavy atom. The summed E-state index contributed by atoms with van der Waals surface area (Å²) in [5.74, 6) is 0. The zero-order valence-corrected chi connectivity index (χ0v) is 10.9. The van der Waals surface area contributed by atoms with Crippen LogP contribution < -0.4 is 5.32 Å². The maximum atomic E-state index is 4.40. The van der Waals surface area contributed by atoms with Crippen LogP contribution in [0.3, 0.4) is 0 Å². The zero-order valence-electron chi connectivity index (χ0n) is 9.26. The van der Waals surface area contributed by atoms with Gasteiger partial charge >= 0.3 is 0 Å². The molecule has 0 fully saturated rings. The van der Waals surface area contributed by atoms with Crippen molar-refractivity contribution in [2.75, 3.05) is 12.8 Å². The Morgan fingerprint density at radius 3 is 2.71 bits per heavy atom. The van der Waals surface area contributed by atoms with Crippen molar-refractivity contribution >= 4 is 23.1 Å². The Bertz CT molecular complexity index is 284. The van der Waals surface area contributed by atoms with Crippen molar-refractivity contribution in [2.24, 2.45) is 0 Å². The summed E-state index contributed by atoms with van der Waals surface area (Å²) in [6, 6.07) is 0. The molecule has 0 bridgehead atoms. The van der Waals surface area contributed by atoms with Crippen molar-refractivity contribution in [1.82, 2.24) is 10.3 Å². The molecule has 4 heteroatoms. The number of hydrogen-bond donors (Lipinski definition) is 1. The van der Waals surface area contributed by atoms with Crippen molar-refractivity contribution in [1.29, 1.82) is 0 Å². The molecule has 2 nitrogen and oxygen atoms in total. The molecule has 0 saturated carbocycles. The van der Waals surface area contributed by atoms with E-state index < -0.39 is 0 Å². The topological polar surface area (TPSA) is 24.9 Å². The van der Waals surface area contributed by atoms with Crippen LogP contribution in [0.5, 0.6) is 0 Å². The SMILES string of the molecule is CSC(C)CNCc1sc(C)nc1C. The van der Waals surface area contributed by atoms with E-state index in [0.717, 1.165) is 18.1 Å². The number of nitrogens with one attached hydrogen (secondary N) is 1. The van der Waals surface area contributed by atoms with Crippen molar-refractivity contribution in [3.63, 3.8) is 0 Å². The first-order valence-corrected chi connectivity index (χ1v) is 6.90. The van der Waals surface area contributed by atoms with Crippen LogP contribution in [0.4, 0.5) is 0 Å². The number of rotatable bonds is 5. The first-order chi connectivity index (χ1) is 6.63. The molecule has 14 heavy (non-hydrogen) atoms. The second-order valence-corrected chi connectivity index (χ2v) is 5.98. The fourth-order valence-electron chi connectivity index (χ4n) is 1.21. The lowest BCUT2D eigenvalue weighted by molar-refractivity contribution is 0.688. The maximum absolute atomic E-state index is 4.40. The molecule has 0 amide bonds. The van der Waals surface area contributed by atoms with Crippen LogP contribution in [0, 0.1) is 13.8 Å². The van der Waals surface area contributed by atoms with Crippen LogP contribution in [-0.2, 0) is 6.54 Å². The van der Waals surface area contributed by atoms with Crippen molar-refractivity contribution in [3.05, 3.63) is 15.6 Å². The third kappa shape index (κ3) is 3.59. The summed E-state index contributed by atoms with van der Waals surface area (Å²) in [5.41, 5.74) is 1.18. The van der Waals surface area contributed by atoms with E-state index in [1.807, 2.05) is 11.8 Å². The molecule has 1 unspecified atom stereocenters. The third-order valence-electron chi connectivity index (χ3n) is 2.12. The van der Waals surface area contributed by atoms with E-state index >= 15 is 0 Å². The van der Waals surface area contributed by atoms with Crippen LogP contribution in [0.25, 0.3) is 0 Å². The predicted molar refractivity (Wildman–Crippen MR) is 66.3 cm³/mol. The van der Waals surface area contributed by atoms with Gasteiger partial charge < -0.3 is 5.32 Å². The minimum atomic E-state index is 0.685. The number of nitrogens with zero attached hydrogens (tertiary/aromatic N) is 1. The lowest BCUT2D eigenvalue weighted by atomic mass is 10.4. The van der Waals surface area contributed by atoms with Gasteiger partial charge in [-0.25, -0.2) is 4.98 Å². The normalized spacial score (nSPS) is 13.1. The summed E-state index contributed by atoms with van der Waals surface area (Å²) in [6.45, 7) is 8.41. The van der Waals surface area contributed by atoms with Gasteiger partial charge in [-0.1, -0.05) is 6.92 Å². The summed E-state index contributed by atoms with van der Waals surface area (Å²) in [6.07, 6.45) is 2.15. The van der Waals surface area contributed by atoms with E-state index in [4.69, 9.17) is 0 Å². The van der Waals surface area contributed by atoms with Gasteiger partial charge in [0.15, 0.2) is 0 Å². The Kier molecular flexibility index (Phi) is 4.92. The second kappa shape index (κ2) is 5.73. The molecule has 0 aliphatic heterocycles. The lowest BCUT2D eigenvalue weighted by Gasteiger charge is -2.08. The molecule has 1 rings (SSSR count). The predicted octanol–water partition coefficient (Wildman–Crippen LogP) is 2.60. The Balaban J connectivity index is 2.34. The molecule has 1 N–H and O–H groups in total. The first kappa shape index (κ1) is 12.0. The Hall–Kier alpha value is -0.0600. The molecule has 1 atom stereocenters. The van der Waals surface area contributed by atoms with Gasteiger partial charge in [-0.2, -0.15) is 11.8 Å². The average Bonchev–Trinajstić information content (AvgIpc) is 2.45. The second-order valence-electron chi connectivity index (χ2n) is 3.42. The number of thioether (sulfide) groups is 1. The van der Waals surface area contributed by atoms with Crippen molar-refractivity contribution in [2.45, 2.75) is 32.6 Å². The maximum Gasteiger partial charge on any atom is 0.0900 e. The van der Waals surface area contributed by atoms with E-state index in [1.165, 1.54) is 10.6 Å². The quantitative estimate of drug-likeness (QED) is 0.841. The first-order valence-electron chi connectivity index (χ1n) is 4.80. The Labute approximate surface area is 94.5 Å². The van der Waals surface area contributed by atoms with E-state index in [0.29, 0.717) is 5.25 Å². The molecule has 0 radical (unpaired) electrons. The molecule has 0 saturated heterocycles. The third-order valence-corrected chi connectivity index (χ3v) is 4.16. The van der Waals surface area contributed by atoms with Crippen LogP contribution in [0.1, 0.15) is 22.5 Å². The van der Waals surface area contributed by atoms with Gasteiger partial charge in [0.2, 0.25) is 0 Å². The average molecular weight is 230 g/mol. The highest BCUT2D eigenvalue weighted by Gasteiger charge is 2.04. The van der Waals surface area contributed by atoms with Crippen LogP contribution in [0.2, 0.25) is 0 Å². The van der Waals surface area contributed by atoms with Gasteiger partial charge in [0.1, 0.15) is 0 Å². The fraction of sp³-hybridized carbons (Fsp3) is 0.700. The van der Waals surface area contributed by atoms with Crippen molar-refractivity contribution < 1.29 is 0 Å². The molecule has 1 aromatic rings. The van der Waals surface area contributed by atoms with Gasteiger partial charge in [-0.05, 0) is 20.1 Å². The summed E-state index contributed by atoms with van der Waals surface area (Å²) in [5, 5.41) is 5.30. The van der Waals surface area contributed by atoms with E-state index in [1.54, 1.807) is 11.3 Å². The highest BCUT2D eigenvalue weighted by Crippen LogP contribution is 2.16. The van der Waals surface area contributed by atoms with Gasteiger partial charge in [0.05, 0.1) is 10.7 Å². The van der Waals surface area contributed by atoms with Crippen LogP contribution in [-0.4, -0.2) is 23.0 Å². The summed E-state index contributed by atoms with van der Waals surface area (Å²) >= 11 is 3.69. The minimum absolute atomic E-state index is 0.685. The summed E-state index contributed by atoms with van der Waals surface area (Å²) in [7, 11) is 0. The van der Waals surface area contributed by atoms with Gasteiger partial charge in [-0.3, -0.25) is 0 Å². The van der Waals surface area contributed by atoms with Gasteiger partial charge in [0, 0.05) is 23.2 Å². The number of aryl methyl sites for hydroxylation is 2. The molecule has 0 aliphatic rings. The highest BCUT2D eigenvalue weighted by molar-refractivity contribution is 7.99. The molecule has 80 valence electrons. The monoisotopic (exact) mass is 230 g/mol. The van der Waals surface area contributed by atoms with E-state index in [-0.39, 0.29) is 0 Å². The molecule has 1 heterocycles. The van der Waals surface area contributed by atoms with E-state index in [2.05, 4.69) is 37.3 Å². The van der Waals surface area contributed by atoms with Gasteiger partial charge in [-0.15, -0.1) is 11.3 Å². The summed E-state index contributed by atoms with van der Waals surface area (Å²) < 4.78 is 0. The molecule has 0 aromatic carbocycles. The zero-order chi connectivity index (χ0) is 10.6. The molecule has 0 spiro atoms. The van der Waals surface area contributed by atoms with Crippen LogP contribution >= 0.6 is 23.1 Å². The highest BCUT2D eigenvalue weighted by atomic mass is 32.2. The van der Waals surface area contributed by atoms with Crippen LogP contribution in [0.15, 0.2) is 0 Å².